The Kier molecular flexibility index (Phi) is 3.74. The summed E-state index contributed by atoms with van der Waals surface area (Å²) < 4.78 is 0. The Hall–Kier alpha value is -1.09. The van der Waals surface area contributed by atoms with Gasteiger partial charge in [0.25, 0.3) is 0 Å². The normalized spacial score (nSPS) is 28.5. The highest BCUT2D eigenvalue weighted by molar-refractivity contribution is 5.81. The molecule has 0 aromatic heterocycles. The smallest absolute Gasteiger partial charge is 0.0461 e. The number of aliphatic imine (C=N–C) groups is 1. The molecule has 3 aliphatic rings. The van der Waals surface area contributed by atoms with Crippen LogP contribution in [0.4, 0.5) is 0 Å². The molecule has 1 saturated carbocycles. The van der Waals surface area contributed by atoms with Crippen LogP contribution in [0.3, 0.4) is 0 Å². The van der Waals surface area contributed by atoms with Gasteiger partial charge < -0.3 is 10.2 Å². The van der Waals surface area contributed by atoms with Crippen LogP contribution in [0.2, 0.25) is 0 Å². The number of nitrogens with zero attached hydrogens (tertiary/aromatic N) is 2. The Bertz CT molecular complexity index is 412. The lowest BCUT2D eigenvalue weighted by atomic mass is 9.70. The van der Waals surface area contributed by atoms with E-state index in [0.29, 0.717) is 5.92 Å². The minimum Gasteiger partial charge on any atom is -0.369 e. The maximum atomic E-state index is 4.57. The molecule has 0 radical (unpaired) electrons. The van der Waals surface area contributed by atoms with Crippen LogP contribution < -0.4 is 5.32 Å². The highest BCUT2D eigenvalue weighted by atomic mass is 15.2. The Morgan fingerprint density at radius 1 is 1.37 bits per heavy atom. The molecule has 104 valence electrons. The highest BCUT2D eigenvalue weighted by Gasteiger charge is 2.34. The summed E-state index contributed by atoms with van der Waals surface area (Å²) in [4.78, 5) is 7.02. The summed E-state index contributed by atoms with van der Waals surface area (Å²) in [5.74, 6) is 1.48. The number of hydrogen-bond acceptors (Lipinski definition) is 3. The van der Waals surface area contributed by atoms with Gasteiger partial charge in [-0.05, 0) is 36.8 Å². The molecule has 2 aliphatic heterocycles. The van der Waals surface area contributed by atoms with Gasteiger partial charge in [-0.3, -0.25) is 4.99 Å². The van der Waals surface area contributed by atoms with Gasteiger partial charge in [-0.2, -0.15) is 0 Å². The molecule has 1 N–H and O–H groups in total. The van der Waals surface area contributed by atoms with Crippen molar-refractivity contribution in [2.45, 2.75) is 26.2 Å². The van der Waals surface area contributed by atoms with Gasteiger partial charge >= 0.3 is 0 Å². The van der Waals surface area contributed by atoms with E-state index in [0.717, 1.165) is 38.6 Å². The van der Waals surface area contributed by atoms with Crippen LogP contribution in [-0.2, 0) is 0 Å². The molecule has 1 saturated heterocycles. The lowest BCUT2D eigenvalue weighted by molar-refractivity contribution is 0.226. The van der Waals surface area contributed by atoms with Crippen LogP contribution in [0, 0.1) is 11.8 Å². The van der Waals surface area contributed by atoms with E-state index in [1.165, 1.54) is 36.1 Å². The molecule has 1 aliphatic carbocycles. The number of rotatable bonds is 3. The molecule has 1 unspecified atom stereocenters. The maximum absolute atomic E-state index is 4.57. The Morgan fingerprint density at radius 3 is 2.74 bits per heavy atom. The average Bonchev–Trinajstić information content (AvgIpc) is 2.37. The molecule has 0 spiro atoms. The third-order valence-corrected chi connectivity index (χ3v) is 4.91. The van der Waals surface area contributed by atoms with Crippen molar-refractivity contribution >= 4 is 6.21 Å². The number of allylic oxidation sites excluding steroid dienone is 2. The summed E-state index contributed by atoms with van der Waals surface area (Å²) in [5, 5.41) is 3.41. The molecule has 1 atom stereocenters. The van der Waals surface area contributed by atoms with Gasteiger partial charge in [0.15, 0.2) is 0 Å². The second-order valence-corrected chi connectivity index (χ2v) is 6.07. The first-order valence-electron chi connectivity index (χ1n) is 7.63. The SMILES string of the molecule is C=C(C1=C(C)C=NCC1C1CCC1)N1CCNCC1. The van der Waals surface area contributed by atoms with Crippen LogP contribution in [0.15, 0.2) is 28.4 Å². The second kappa shape index (κ2) is 5.49. The second-order valence-electron chi connectivity index (χ2n) is 6.07. The molecular weight excluding hydrogens is 234 g/mol. The van der Waals surface area contributed by atoms with Gasteiger partial charge in [-0.15, -0.1) is 0 Å². The van der Waals surface area contributed by atoms with Crippen molar-refractivity contribution in [2.75, 3.05) is 32.7 Å². The lowest BCUT2D eigenvalue weighted by Gasteiger charge is -2.40. The zero-order valence-corrected chi connectivity index (χ0v) is 12.0. The Balaban J connectivity index is 1.81. The van der Waals surface area contributed by atoms with Crippen molar-refractivity contribution in [3.8, 4) is 0 Å². The third kappa shape index (κ3) is 2.48. The molecular formula is C16H25N3. The predicted octanol–water partition coefficient (Wildman–Crippen LogP) is 2.22. The van der Waals surface area contributed by atoms with E-state index in [1.807, 2.05) is 0 Å². The van der Waals surface area contributed by atoms with Crippen LogP contribution in [0.25, 0.3) is 0 Å². The topological polar surface area (TPSA) is 27.6 Å². The number of nitrogens with one attached hydrogen (secondary N) is 1. The first kappa shape index (κ1) is 12.9. The Labute approximate surface area is 116 Å². The fourth-order valence-corrected chi connectivity index (χ4v) is 3.53. The van der Waals surface area contributed by atoms with E-state index in [1.54, 1.807) is 0 Å². The Morgan fingerprint density at radius 2 is 2.11 bits per heavy atom. The summed E-state index contributed by atoms with van der Waals surface area (Å²) in [6.07, 6.45) is 6.22. The molecule has 0 bridgehead atoms. The monoisotopic (exact) mass is 259 g/mol. The third-order valence-electron chi connectivity index (χ3n) is 4.91. The van der Waals surface area contributed by atoms with Gasteiger partial charge in [-0.1, -0.05) is 13.0 Å². The largest absolute Gasteiger partial charge is 0.369 e. The van der Waals surface area contributed by atoms with E-state index >= 15 is 0 Å². The van der Waals surface area contributed by atoms with E-state index in [-0.39, 0.29) is 0 Å². The van der Waals surface area contributed by atoms with E-state index in [9.17, 15) is 0 Å². The molecule has 2 heterocycles. The first-order valence-corrected chi connectivity index (χ1v) is 7.63. The van der Waals surface area contributed by atoms with Crippen molar-refractivity contribution in [2.24, 2.45) is 16.8 Å². The first-order chi connectivity index (χ1) is 9.27. The maximum Gasteiger partial charge on any atom is 0.0461 e. The molecule has 0 amide bonds. The zero-order chi connectivity index (χ0) is 13.2. The van der Waals surface area contributed by atoms with Crippen molar-refractivity contribution in [3.05, 3.63) is 23.4 Å². The molecule has 19 heavy (non-hydrogen) atoms. The molecule has 0 aromatic carbocycles. The predicted molar refractivity (Wildman–Crippen MR) is 80.5 cm³/mol. The van der Waals surface area contributed by atoms with Gasteiger partial charge in [0.1, 0.15) is 0 Å². The van der Waals surface area contributed by atoms with Crippen molar-refractivity contribution in [1.29, 1.82) is 0 Å². The fourth-order valence-electron chi connectivity index (χ4n) is 3.53. The zero-order valence-electron chi connectivity index (χ0n) is 12.0. The minimum atomic E-state index is 0.626. The van der Waals surface area contributed by atoms with Crippen molar-refractivity contribution in [3.63, 3.8) is 0 Å². The lowest BCUT2D eigenvalue weighted by Crippen LogP contribution is -2.44. The highest BCUT2D eigenvalue weighted by Crippen LogP contribution is 2.41. The van der Waals surface area contributed by atoms with Gasteiger partial charge in [0.05, 0.1) is 0 Å². The molecule has 3 rings (SSSR count). The molecule has 3 heteroatoms. The standard InChI is InChI=1S/C16H25N3/c1-12-10-18-11-15(14-4-3-5-14)16(12)13(2)19-8-6-17-7-9-19/h10,14-15,17H,2-9,11H2,1H3. The summed E-state index contributed by atoms with van der Waals surface area (Å²) >= 11 is 0. The molecule has 0 aromatic rings. The van der Waals surface area contributed by atoms with Gasteiger partial charge in [0, 0.05) is 50.6 Å². The van der Waals surface area contributed by atoms with E-state index in [4.69, 9.17) is 0 Å². The molecule has 3 nitrogen and oxygen atoms in total. The van der Waals surface area contributed by atoms with Gasteiger partial charge in [0.2, 0.25) is 0 Å². The quantitative estimate of drug-likeness (QED) is 0.841. The van der Waals surface area contributed by atoms with Crippen LogP contribution >= 0.6 is 0 Å². The summed E-state index contributed by atoms with van der Waals surface area (Å²) in [6, 6.07) is 0. The van der Waals surface area contributed by atoms with Gasteiger partial charge in [-0.25, -0.2) is 0 Å². The summed E-state index contributed by atoms with van der Waals surface area (Å²) in [6.45, 7) is 11.9. The number of dihydropyridines is 1. The van der Waals surface area contributed by atoms with Crippen molar-refractivity contribution in [1.82, 2.24) is 10.2 Å². The van der Waals surface area contributed by atoms with Crippen LogP contribution in [0.5, 0.6) is 0 Å². The van der Waals surface area contributed by atoms with Crippen LogP contribution in [-0.4, -0.2) is 43.8 Å². The molecule has 2 fully saturated rings. The van der Waals surface area contributed by atoms with E-state index < -0.39 is 0 Å². The average molecular weight is 259 g/mol. The van der Waals surface area contributed by atoms with E-state index in [2.05, 4.69) is 34.9 Å². The van der Waals surface area contributed by atoms with Crippen molar-refractivity contribution < 1.29 is 0 Å². The number of piperazine rings is 1. The van der Waals surface area contributed by atoms with Crippen LogP contribution in [0.1, 0.15) is 26.2 Å². The summed E-state index contributed by atoms with van der Waals surface area (Å²) in [5.41, 5.74) is 4.11. The summed E-state index contributed by atoms with van der Waals surface area (Å²) in [7, 11) is 0. The number of hydrogen-bond donors (Lipinski definition) is 1. The minimum absolute atomic E-state index is 0.626. The fraction of sp³-hybridized carbons (Fsp3) is 0.688.